The number of imidazole rings is 1. The number of nitrogens with one attached hydrogen (secondary N) is 2. The first-order chi connectivity index (χ1) is 18.6. The van der Waals surface area contributed by atoms with Gasteiger partial charge in [0.2, 0.25) is 11.9 Å². The molecule has 1 aliphatic heterocycles. The van der Waals surface area contributed by atoms with Crippen molar-refractivity contribution in [3.8, 4) is 11.8 Å². The van der Waals surface area contributed by atoms with Crippen molar-refractivity contribution < 1.29 is 27.5 Å². The Hall–Kier alpha value is -4.38. The quantitative estimate of drug-likeness (QED) is 0.362. The fraction of sp³-hybridized carbons (Fsp3) is 0.320. The predicted molar refractivity (Wildman–Crippen MR) is 138 cm³/mol. The highest BCUT2D eigenvalue weighted by Crippen LogP contribution is 2.33. The predicted octanol–water partition coefficient (Wildman–Crippen LogP) is 4.32. The number of amides is 2. The number of hydrogen-bond acceptors (Lipinski definition) is 8. The number of anilines is 2. The molecule has 202 valence electrons. The first kappa shape index (κ1) is 26.2. The van der Waals surface area contributed by atoms with Crippen LogP contribution >= 0.6 is 11.3 Å². The number of piperidine rings is 1. The third-order valence-electron chi connectivity index (χ3n) is 6.39. The van der Waals surface area contributed by atoms with Gasteiger partial charge in [-0.2, -0.15) is 5.26 Å². The van der Waals surface area contributed by atoms with Crippen LogP contribution in [0.5, 0.6) is 5.75 Å². The van der Waals surface area contributed by atoms with Gasteiger partial charge >= 0.3 is 6.36 Å². The van der Waals surface area contributed by atoms with E-state index in [2.05, 4.69) is 31.4 Å². The number of aromatic nitrogens is 3. The molecule has 3 heterocycles. The first-order valence-electron chi connectivity index (χ1n) is 11.9. The van der Waals surface area contributed by atoms with Crippen LogP contribution in [0.2, 0.25) is 0 Å². The number of fused-ring (bicyclic) bond motifs is 2. The normalized spacial score (nSPS) is 14.4. The maximum atomic E-state index is 12.7. The zero-order valence-corrected chi connectivity index (χ0v) is 21.4. The van der Waals surface area contributed by atoms with Crippen molar-refractivity contribution in [2.45, 2.75) is 19.2 Å². The SMILES string of the molecule is Cn1c(Nc2nc3ccc(OC(F)(F)F)cc3s2)nc2cc(C(=O)NCC(=O)N3CCC(C#N)CC3)ccc21. The van der Waals surface area contributed by atoms with Crippen molar-refractivity contribution in [1.82, 2.24) is 24.8 Å². The molecule has 39 heavy (non-hydrogen) atoms. The van der Waals surface area contributed by atoms with Crippen LogP contribution in [-0.4, -0.2) is 57.2 Å². The number of nitrogens with zero attached hydrogens (tertiary/aromatic N) is 5. The molecular formula is C25H22F3N7O3S. The summed E-state index contributed by atoms with van der Waals surface area (Å²) in [5.74, 6) is -0.555. The Morgan fingerprint density at radius 3 is 2.64 bits per heavy atom. The molecule has 0 bridgehead atoms. The van der Waals surface area contributed by atoms with Crippen LogP contribution in [0.1, 0.15) is 23.2 Å². The maximum absolute atomic E-state index is 12.7. The van der Waals surface area contributed by atoms with Crippen LogP contribution < -0.4 is 15.4 Å². The van der Waals surface area contributed by atoms with Gasteiger partial charge in [-0.3, -0.25) is 9.59 Å². The highest BCUT2D eigenvalue weighted by Gasteiger charge is 2.31. The Bertz CT molecular complexity index is 1600. The third kappa shape index (κ3) is 5.88. The topological polar surface area (TPSA) is 125 Å². The molecule has 2 aromatic heterocycles. The fourth-order valence-corrected chi connectivity index (χ4v) is 5.22. The molecule has 10 nitrogen and oxygen atoms in total. The molecule has 0 atom stereocenters. The molecule has 5 rings (SSSR count). The molecule has 0 aliphatic carbocycles. The number of halogens is 3. The lowest BCUT2D eigenvalue weighted by molar-refractivity contribution is -0.274. The van der Waals surface area contributed by atoms with Gasteiger partial charge in [-0.1, -0.05) is 11.3 Å². The van der Waals surface area contributed by atoms with E-state index in [1.807, 2.05) is 0 Å². The summed E-state index contributed by atoms with van der Waals surface area (Å²) < 4.78 is 43.8. The molecule has 0 spiro atoms. The number of hydrogen-bond donors (Lipinski definition) is 2. The lowest BCUT2D eigenvalue weighted by Crippen LogP contribution is -2.44. The molecule has 2 N–H and O–H groups in total. The van der Waals surface area contributed by atoms with Crippen LogP contribution in [0.15, 0.2) is 36.4 Å². The number of benzene rings is 2. The number of thiazole rings is 1. The average Bonchev–Trinajstić information content (AvgIpc) is 3.45. The van der Waals surface area contributed by atoms with E-state index in [1.165, 1.54) is 18.2 Å². The summed E-state index contributed by atoms with van der Waals surface area (Å²) >= 11 is 1.14. The Balaban J connectivity index is 1.26. The van der Waals surface area contributed by atoms with Crippen LogP contribution in [0.3, 0.4) is 0 Å². The number of nitriles is 1. The summed E-state index contributed by atoms with van der Waals surface area (Å²) in [7, 11) is 1.77. The number of carbonyl (C=O) groups is 2. The largest absolute Gasteiger partial charge is 0.573 e. The van der Waals surface area contributed by atoms with Crippen molar-refractivity contribution in [2.75, 3.05) is 25.0 Å². The van der Waals surface area contributed by atoms with Gasteiger partial charge in [-0.25, -0.2) is 9.97 Å². The number of aryl methyl sites for hydroxylation is 1. The van der Waals surface area contributed by atoms with Gasteiger partial charge in [0.15, 0.2) is 5.13 Å². The van der Waals surface area contributed by atoms with Gasteiger partial charge in [-0.15, -0.1) is 13.2 Å². The molecule has 0 saturated carbocycles. The zero-order valence-electron chi connectivity index (χ0n) is 20.6. The standard InChI is InChI=1S/C25H22F3N7O3S/c1-34-19-5-2-15(22(37)30-13-21(36)35-8-6-14(12-29)7-9-35)10-18(19)31-23(34)33-24-32-17-4-3-16(11-20(17)39-24)38-25(26,27)28/h2-5,10-11,14H,6-9,13H2,1H3,(H,30,37)(H,31,32,33). The van der Waals surface area contributed by atoms with E-state index < -0.39 is 12.3 Å². The molecule has 1 fully saturated rings. The van der Waals surface area contributed by atoms with Gasteiger partial charge < -0.3 is 24.8 Å². The summed E-state index contributed by atoms with van der Waals surface area (Å²) in [5.41, 5.74) is 2.09. The highest BCUT2D eigenvalue weighted by atomic mass is 32.1. The molecular weight excluding hydrogens is 535 g/mol. The number of rotatable bonds is 6. The van der Waals surface area contributed by atoms with Crippen molar-refractivity contribution in [2.24, 2.45) is 13.0 Å². The molecule has 14 heteroatoms. The third-order valence-corrected chi connectivity index (χ3v) is 7.32. The van der Waals surface area contributed by atoms with Gasteiger partial charge in [-0.05, 0) is 43.2 Å². The van der Waals surface area contributed by atoms with E-state index in [-0.39, 0.29) is 24.1 Å². The van der Waals surface area contributed by atoms with E-state index in [4.69, 9.17) is 5.26 Å². The second-order valence-electron chi connectivity index (χ2n) is 8.99. The van der Waals surface area contributed by atoms with Gasteiger partial charge in [0.25, 0.3) is 5.91 Å². The average molecular weight is 558 g/mol. The molecule has 1 aliphatic rings. The number of carbonyl (C=O) groups excluding carboxylic acids is 2. The van der Waals surface area contributed by atoms with Crippen molar-refractivity contribution in [3.05, 3.63) is 42.0 Å². The van der Waals surface area contributed by atoms with Gasteiger partial charge in [0, 0.05) is 37.7 Å². The fourth-order valence-electron chi connectivity index (χ4n) is 4.33. The second-order valence-corrected chi connectivity index (χ2v) is 10.0. The summed E-state index contributed by atoms with van der Waals surface area (Å²) in [6.45, 7) is 0.857. The summed E-state index contributed by atoms with van der Waals surface area (Å²) in [6, 6.07) is 11.1. The van der Waals surface area contributed by atoms with E-state index in [1.54, 1.807) is 34.7 Å². The zero-order chi connectivity index (χ0) is 27.7. The Labute approximate surface area is 224 Å². The smallest absolute Gasteiger partial charge is 0.406 e. The van der Waals surface area contributed by atoms with Crippen LogP contribution in [0.25, 0.3) is 21.3 Å². The molecule has 2 amide bonds. The van der Waals surface area contributed by atoms with E-state index in [9.17, 15) is 22.8 Å². The Morgan fingerprint density at radius 2 is 1.92 bits per heavy atom. The first-order valence-corrected chi connectivity index (χ1v) is 12.8. The molecule has 4 aromatic rings. The van der Waals surface area contributed by atoms with Crippen LogP contribution in [0.4, 0.5) is 24.3 Å². The van der Waals surface area contributed by atoms with Crippen molar-refractivity contribution in [1.29, 1.82) is 5.26 Å². The van der Waals surface area contributed by atoms with Crippen LogP contribution in [-0.2, 0) is 11.8 Å². The summed E-state index contributed by atoms with van der Waals surface area (Å²) in [5, 5.41) is 15.1. The van der Waals surface area contributed by atoms with Crippen molar-refractivity contribution in [3.63, 3.8) is 0 Å². The van der Waals surface area contributed by atoms with E-state index >= 15 is 0 Å². The maximum Gasteiger partial charge on any atom is 0.573 e. The Kier molecular flexibility index (Phi) is 7.00. The van der Waals surface area contributed by atoms with Gasteiger partial charge in [0.05, 0.1) is 33.9 Å². The molecule has 1 saturated heterocycles. The number of likely N-dealkylation sites (tertiary alicyclic amines) is 1. The van der Waals surface area contributed by atoms with E-state index in [0.717, 1.165) is 16.9 Å². The van der Waals surface area contributed by atoms with Crippen LogP contribution in [0, 0.1) is 17.2 Å². The lowest BCUT2D eigenvalue weighted by Gasteiger charge is -2.29. The minimum atomic E-state index is -4.78. The molecule has 0 radical (unpaired) electrons. The highest BCUT2D eigenvalue weighted by molar-refractivity contribution is 7.22. The van der Waals surface area contributed by atoms with Gasteiger partial charge in [0.1, 0.15) is 5.75 Å². The van der Waals surface area contributed by atoms with Crippen molar-refractivity contribution >= 4 is 55.5 Å². The second kappa shape index (κ2) is 10.4. The minimum absolute atomic E-state index is 0.0338. The molecule has 2 aromatic carbocycles. The number of alkyl halides is 3. The van der Waals surface area contributed by atoms with E-state index in [0.29, 0.717) is 58.3 Å². The Morgan fingerprint density at radius 1 is 1.15 bits per heavy atom. The number of ether oxygens (including phenoxy) is 1. The summed E-state index contributed by atoms with van der Waals surface area (Å²) in [4.78, 5) is 35.7. The minimum Gasteiger partial charge on any atom is -0.406 e. The summed E-state index contributed by atoms with van der Waals surface area (Å²) in [6.07, 6.45) is -3.52. The monoisotopic (exact) mass is 557 g/mol. The lowest BCUT2D eigenvalue weighted by atomic mass is 9.99. The molecule has 0 unspecified atom stereocenters.